The van der Waals surface area contributed by atoms with Crippen molar-refractivity contribution in [2.75, 3.05) is 65.8 Å². The maximum atomic E-state index is 12.2. The molecule has 1 amide bonds. The van der Waals surface area contributed by atoms with Crippen LogP contribution in [0.15, 0.2) is 0 Å². The van der Waals surface area contributed by atoms with Crippen molar-refractivity contribution < 1.29 is 19.0 Å². The quantitative estimate of drug-likeness (QED) is 0.746. The van der Waals surface area contributed by atoms with Crippen molar-refractivity contribution in [1.29, 1.82) is 0 Å². The number of ether oxygens (including phenoxy) is 3. The molecule has 0 N–H and O–H groups in total. The van der Waals surface area contributed by atoms with E-state index in [9.17, 15) is 4.79 Å². The molecule has 3 aliphatic rings. The molecule has 6 nitrogen and oxygen atoms in total. The van der Waals surface area contributed by atoms with E-state index in [1.165, 1.54) is 0 Å². The molecule has 3 fully saturated rings. The van der Waals surface area contributed by atoms with Crippen molar-refractivity contribution in [3.63, 3.8) is 0 Å². The van der Waals surface area contributed by atoms with Crippen molar-refractivity contribution >= 4 is 5.91 Å². The minimum atomic E-state index is -0.114. The van der Waals surface area contributed by atoms with Gasteiger partial charge >= 0.3 is 0 Å². The van der Waals surface area contributed by atoms with E-state index >= 15 is 0 Å². The van der Waals surface area contributed by atoms with Gasteiger partial charge in [-0.15, -0.1) is 0 Å². The fraction of sp³-hybridized carbons (Fsp3) is 0.941. The monoisotopic (exact) mass is 326 g/mol. The molecule has 6 heteroatoms. The second-order valence-corrected chi connectivity index (χ2v) is 7.03. The fourth-order valence-corrected chi connectivity index (χ4v) is 4.08. The maximum Gasteiger partial charge on any atom is 0.248 e. The number of morpholine rings is 1. The van der Waals surface area contributed by atoms with Gasteiger partial charge in [0.15, 0.2) is 0 Å². The van der Waals surface area contributed by atoms with Gasteiger partial charge in [-0.3, -0.25) is 9.69 Å². The Morgan fingerprint density at radius 3 is 2.91 bits per heavy atom. The largest absolute Gasteiger partial charge is 0.379 e. The van der Waals surface area contributed by atoms with Gasteiger partial charge in [-0.1, -0.05) is 0 Å². The zero-order valence-corrected chi connectivity index (χ0v) is 14.3. The summed E-state index contributed by atoms with van der Waals surface area (Å²) in [7, 11) is 0. The van der Waals surface area contributed by atoms with Gasteiger partial charge in [0.1, 0.15) is 6.61 Å². The molecule has 2 atom stereocenters. The van der Waals surface area contributed by atoms with Crippen molar-refractivity contribution in [3.8, 4) is 0 Å². The van der Waals surface area contributed by atoms with Gasteiger partial charge in [0.25, 0.3) is 0 Å². The van der Waals surface area contributed by atoms with Crippen LogP contribution in [-0.2, 0) is 19.0 Å². The van der Waals surface area contributed by atoms with E-state index in [1.54, 1.807) is 0 Å². The van der Waals surface area contributed by atoms with Gasteiger partial charge < -0.3 is 19.1 Å². The van der Waals surface area contributed by atoms with Crippen LogP contribution < -0.4 is 0 Å². The molecule has 23 heavy (non-hydrogen) atoms. The number of carbonyl (C=O) groups excluding carboxylic acids is 1. The summed E-state index contributed by atoms with van der Waals surface area (Å²) in [5.74, 6) is 0.682. The van der Waals surface area contributed by atoms with Gasteiger partial charge in [0, 0.05) is 39.3 Å². The molecule has 0 aromatic rings. The molecule has 3 saturated heterocycles. The van der Waals surface area contributed by atoms with E-state index in [4.69, 9.17) is 14.2 Å². The molecule has 3 heterocycles. The standard InChI is InChI=1S/C17H30N2O4/c1-2-21-13-16(20)19-5-3-4-17(14-19)10-15(12-23-17)11-18-6-8-22-9-7-18/h15H,2-14H2,1H3/t15-,17-/m1/s1. The molecule has 0 aliphatic carbocycles. The summed E-state index contributed by atoms with van der Waals surface area (Å²) < 4.78 is 16.9. The first-order valence-electron chi connectivity index (χ1n) is 9.00. The summed E-state index contributed by atoms with van der Waals surface area (Å²) in [6.07, 6.45) is 3.18. The lowest BCUT2D eigenvalue weighted by Gasteiger charge is -2.40. The molecule has 0 radical (unpaired) electrons. The Labute approximate surface area is 139 Å². The number of carbonyl (C=O) groups is 1. The summed E-state index contributed by atoms with van der Waals surface area (Å²) in [5.41, 5.74) is -0.114. The summed E-state index contributed by atoms with van der Waals surface area (Å²) in [4.78, 5) is 16.6. The summed E-state index contributed by atoms with van der Waals surface area (Å²) >= 11 is 0. The van der Waals surface area contributed by atoms with Gasteiger partial charge in [0.05, 0.1) is 25.4 Å². The Morgan fingerprint density at radius 2 is 2.13 bits per heavy atom. The van der Waals surface area contributed by atoms with Crippen LogP contribution in [0.3, 0.4) is 0 Å². The molecule has 0 saturated carbocycles. The molecule has 0 unspecified atom stereocenters. The predicted molar refractivity (Wildman–Crippen MR) is 86.4 cm³/mol. The average Bonchev–Trinajstić information content (AvgIpc) is 2.95. The number of hydrogen-bond donors (Lipinski definition) is 0. The molecule has 132 valence electrons. The number of likely N-dealkylation sites (tertiary alicyclic amines) is 1. The van der Waals surface area contributed by atoms with Crippen LogP contribution >= 0.6 is 0 Å². The lowest BCUT2D eigenvalue weighted by atomic mass is 9.86. The Balaban J connectivity index is 1.50. The Kier molecular flexibility index (Phi) is 5.91. The lowest BCUT2D eigenvalue weighted by molar-refractivity contribution is -0.143. The Hall–Kier alpha value is -0.690. The number of rotatable bonds is 5. The molecule has 0 bridgehead atoms. The van der Waals surface area contributed by atoms with Gasteiger partial charge in [-0.05, 0) is 32.1 Å². The third-order valence-corrected chi connectivity index (χ3v) is 5.23. The number of nitrogens with zero attached hydrogens (tertiary/aromatic N) is 2. The predicted octanol–water partition coefficient (Wildman–Crippen LogP) is 0.753. The van der Waals surface area contributed by atoms with Crippen LogP contribution in [0.25, 0.3) is 0 Å². The van der Waals surface area contributed by atoms with Gasteiger partial charge in [0.2, 0.25) is 5.91 Å². The summed E-state index contributed by atoms with van der Waals surface area (Å²) in [6.45, 7) is 9.95. The molecule has 3 aliphatic heterocycles. The normalized spacial score (nSPS) is 32.6. The average molecular weight is 326 g/mol. The zero-order chi connectivity index (χ0) is 16.1. The highest BCUT2D eigenvalue weighted by Gasteiger charge is 2.44. The van der Waals surface area contributed by atoms with Crippen LogP contribution in [0.5, 0.6) is 0 Å². The number of piperidine rings is 1. The first-order chi connectivity index (χ1) is 11.2. The minimum Gasteiger partial charge on any atom is -0.379 e. The highest BCUT2D eigenvalue weighted by atomic mass is 16.5. The summed E-state index contributed by atoms with van der Waals surface area (Å²) in [5, 5.41) is 0. The Morgan fingerprint density at radius 1 is 1.30 bits per heavy atom. The van der Waals surface area contributed by atoms with Crippen LogP contribution in [0.2, 0.25) is 0 Å². The van der Waals surface area contributed by atoms with E-state index in [2.05, 4.69) is 4.90 Å². The minimum absolute atomic E-state index is 0.103. The molecular weight excluding hydrogens is 296 g/mol. The van der Waals surface area contributed by atoms with Crippen LogP contribution in [0, 0.1) is 5.92 Å². The van der Waals surface area contributed by atoms with Gasteiger partial charge in [-0.2, -0.15) is 0 Å². The number of hydrogen-bond acceptors (Lipinski definition) is 5. The highest BCUT2D eigenvalue weighted by molar-refractivity contribution is 5.77. The van der Waals surface area contributed by atoms with Crippen molar-refractivity contribution in [2.45, 2.75) is 31.8 Å². The van der Waals surface area contributed by atoms with Crippen LogP contribution in [0.4, 0.5) is 0 Å². The molecule has 0 aromatic carbocycles. The SMILES string of the molecule is CCOCC(=O)N1CCC[C@@]2(C[C@H](CN3CCOCC3)CO2)C1. The van der Waals surface area contributed by atoms with E-state index in [0.29, 0.717) is 12.5 Å². The molecular formula is C17H30N2O4. The zero-order valence-electron chi connectivity index (χ0n) is 14.3. The van der Waals surface area contributed by atoms with Crippen LogP contribution in [0.1, 0.15) is 26.2 Å². The second-order valence-electron chi connectivity index (χ2n) is 7.03. The van der Waals surface area contributed by atoms with Gasteiger partial charge in [-0.25, -0.2) is 0 Å². The highest BCUT2D eigenvalue weighted by Crippen LogP contribution is 2.37. The van der Waals surface area contributed by atoms with Crippen molar-refractivity contribution in [2.24, 2.45) is 5.92 Å². The molecule has 3 rings (SSSR count). The Bertz CT molecular complexity index is 400. The first kappa shape index (κ1) is 17.1. The maximum absolute atomic E-state index is 12.2. The van der Waals surface area contributed by atoms with E-state index in [1.807, 2.05) is 11.8 Å². The van der Waals surface area contributed by atoms with E-state index < -0.39 is 0 Å². The van der Waals surface area contributed by atoms with Crippen molar-refractivity contribution in [1.82, 2.24) is 9.80 Å². The lowest BCUT2D eigenvalue weighted by Crippen LogP contribution is -2.51. The molecule has 1 spiro atoms. The van der Waals surface area contributed by atoms with E-state index in [0.717, 1.165) is 71.8 Å². The smallest absolute Gasteiger partial charge is 0.248 e. The third-order valence-electron chi connectivity index (χ3n) is 5.23. The first-order valence-corrected chi connectivity index (χ1v) is 9.00. The van der Waals surface area contributed by atoms with E-state index in [-0.39, 0.29) is 18.1 Å². The second kappa shape index (κ2) is 7.92. The fourth-order valence-electron chi connectivity index (χ4n) is 4.08. The van der Waals surface area contributed by atoms with Crippen LogP contribution in [-0.4, -0.2) is 87.1 Å². The topological polar surface area (TPSA) is 51.2 Å². The summed E-state index contributed by atoms with van der Waals surface area (Å²) in [6, 6.07) is 0. The number of amides is 1. The third kappa shape index (κ3) is 4.44. The van der Waals surface area contributed by atoms with Crippen molar-refractivity contribution in [3.05, 3.63) is 0 Å². The molecule has 0 aromatic heterocycles.